The maximum absolute atomic E-state index is 5.52. The van der Waals surface area contributed by atoms with Crippen LogP contribution >= 0.6 is 0 Å². The molecule has 0 amide bonds. The van der Waals surface area contributed by atoms with Gasteiger partial charge in [0.05, 0.1) is 0 Å². The second-order valence-corrected chi connectivity index (χ2v) is 13.3. The Balaban J connectivity index is 1.48. The van der Waals surface area contributed by atoms with E-state index in [1.54, 1.807) is 5.57 Å². The van der Waals surface area contributed by atoms with Crippen LogP contribution in [0.15, 0.2) is 24.5 Å². The van der Waals surface area contributed by atoms with Gasteiger partial charge in [0.25, 0.3) is 0 Å². The first-order valence-corrected chi connectivity index (χ1v) is 13.9. The van der Waals surface area contributed by atoms with Gasteiger partial charge in [-0.15, -0.1) is 0 Å². The zero-order valence-corrected chi connectivity index (χ0v) is 22.3. The molecule has 2 unspecified atom stereocenters. The maximum Gasteiger partial charge on any atom is 0.125 e. The normalized spacial score (nSPS) is 43.3. The first kappa shape index (κ1) is 25.3. The third-order valence-electron chi connectivity index (χ3n) is 11.1. The second-order valence-electron chi connectivity index (χ2n) is 13.3. The van der Waals surface area contributed by atoms with Crippen LogP contribution in [0.5, 0.6) is 0 Å². The summed E-state index contributed by atoms with van der Waals surface area (Å²) in [6.07, 6.45) is 18.4. The van der Waals surface area contributed by atoms with Crippen molar-refractivity contribution in [3.8, 4) is 0 Å². The van der Waals surface area contributed by atoms with Gasteiger partial charge in [-0.2, -0.15) is 4.89 Å². The van der Waals surface area contributed by atoms with E-state index in [-0.39, 0.29) is 6.10 Å². The van der Waals surface area contributed by atoms with Crippen molar-refractivity contribution in [1.82, 2.24) is 0 Å². The van der Waals surface area contributed by atoms with E-state index in [0.717, 1.165) is 42.4 Å². The highest BCUT2D eigenvalue weighted by Gasteiger charge is 2.64. The van der Waals surface area contributed by atoms with E-state index in [0.29, 0.717) is 16.2 Å². The Bertz CT molecular complexity index is 728. The molecule has 33 heavy (non-hydrogen) atoms. The van der Waals surface area contributed by atoms with E-state index in [1.165, 1.54) is 64.0 Å². The van der Waals surface area contributed by atoms with Crippen molar-refractivity contribution in [2.45, 2.75) is 118 Å². The van der Waals surface area contributed by atoms with E-state index in [2.05, 4.69) is 54.2 Å². The first-order valence-electron chi connectivity index (χ1n) is 13.9. The summed E-state index contributed by atoms with van der Waals surface area (Å²) in [7, 11) is 0. The van der Waals surface area contributed by atoms with Gasteiger partial charge < -0.3 is 4.89 Å². The lowest BCUT2D eigenvalue weighted by Gasteiger charge is -2.63. The molecule has 0 radical (unpaired) electrons. The molecule has 0 N–H and O–H groups in total. The van der Waals surface area contributed by atoms with Crippen LogP contribution in [0.25, 0.3) is 0 Å². The van der Waals surface area contributed by atoms with E-state index in [4.69, 9.17) is 14.8 Å². The van der Waals surface area contributed by atoms with E-state index >= 15 is 0 Å². The van der Waals surface area contributed by atoms with Crippen molar-refractivity contribution >= 4 is 0 Å². The molecule has 0 aromatic rings. The number of hydrogen-bond donors (Lipinski definition) is 0. The van der Waals surface area contributed by atoms with E-state index in [1.807, 2.05) is 0 Å². The van der Waals surface area contributed by atoms with E-state index in [9.17, 15) is 0 Å². The van der Waals surface area contributed by atoms with Gasteiger partial charge in [0.2, 0.25) is 0 Å². The monoisotopic (exact) mass is 458 g/mol. The average Bonchev–Trinajstić information content (AvgIpc) is 3.12. The zero-order valence-electron chi connectivity index (χ0n) is 22.3. The molecule has 4 aliphatic carbocycles. The van der Waals surface area contributed by atoms with Gasteiger partial charge in [-0.1, -0.05) is 79.0 Å². The van der Waals surface area contributed by atoms with Crippen molar-refractivity contribution in [2.24, 2.45) is 45.8 Å². The lowest BCUT2D eigenvalue weighted by molar-refractivity contribution is -0.506. The quantitative estimate of drug-likeness (QED) is 0.114. The molecule has 0 aromatic carbocycles. The van der Waals surface area contributed by atoms with Gasteiger partial charge in [0.1, 0.15) is 12.4 Å². The SMILES string of the molecule is C=COOO[C@H]1CC[C@@]2(C)C(=CC[C@]3(C)C2CC[C@@]2(C)C3CC[C@@H]2[C@H](C)CCCC(C)C)C1. The standard InChI is InChI=1S/C30H50O3/c1-8-31-33-32-24-15-18-28(5)23(20-24)14-17-30(7)26-13-12-25(22(4)11-9-10-21(2)3)29(26,6)19-16-27(28)30/h8,14,21-22,24-27H,1,9-13,15-20H2,2-7H3/t22-,24+,25-,26?,27?,28+,29-,30+/m1/s1. The fourth-order valence-electron chi connectivity index (χ4n) is 9.50. The Morgan fingerprint density at radius 1 is 1.00 bits per heavy atom. The van der Waals surface area contributed by atoms with Crippen molar-refractivity contribution in [2.75, 3.05) is 0 Å². The highest BCUT2D eigenvalue weighted by Crippen LogP contribution is 2.72. The fraction of sp³-hybridized carbons (Fsp3) is 0.867. The van der Waals surface area contributed by atoms with Crippen molar-refractivity contribution in [3.05, 3.63) is 24.5 Å². The minimum Gasteiger partial charge on any atom is -0.317 e. The van der Waals surface area contributed by atoms with Crippen LogP contribution < -0.4 is 0 Å². The lowest BCUT2D eigenvalue weighted by atomic mass is 9.41. The summed E-state index contributed by atoms with van der Waals surface area (Å²) in [5.41, 5.74) is 2.89. The van der Waals surface area contributed by atoms with Crippen LogP contribution in [0.4, 0.5) is 0 Å². The molecule has 0 aliphatic heterocycles. The third-order valence-corrected chi connectivity index (χ3v) is 11.1. The van der Waals surface area contributed by atoms with Crippen molar-refractivity contribution in [3.63, 3.8) is 0 Å². The van der Waals surface area contributed by atoms with Crippen LogP contribution in [0.2, 0.25) is 0 Å². The van der Waals surface area contributed by atoms with Crippen LogP contribution in [-0.4, -0.2) is 6.10 Å². The van der Waals surface area contributed by atoms with Crippen molar-refractivity contribution < 1.29 is 14.8 Å². The number of allylic oxidation sites excluding steroid dienone is 1. The average molecular weight is 459 g/mol. The summed E-state index contributed by atoms with van der Waals surface area (Å²) in [6, 6.07) is 0. The Hall–Kier alpha value is -0.800. The Kier molecular flexibility index (Phi) is 7.43. The molecule has 0 saturated heterocycles. The molecule has 0 heterocycles. The molecule has 0 spiro atoms. The van der Waals surface area contributed by atoms with Crippen LogP contribution in [-0.2, 0) is 14.8 Å². The molecular weight excluding hydrogens is 408 g/mol. The summed E-state index contributed by atoms with van der Waals surface area (Å²) in [5.74, 6) is 4.29. The Morgan fingerprint density at radius 2 is 1.79 bits per heavy atom. The third kappa shape index (κ3) is 4.46. The number of hydrogen-bond acceptors (Lipinski definition) is 3. The van der Waals surface area contributed by atoms with Crippen LogP contribution in [0.3, 0.4) is 0 Å². The summed E-state index contributed by atoms with van der Waals surface area (Å²) in [6.45, 7) is 18.8. The van der Waals surface area contributed by atoms with Gasteiger partial charge in [-0.25, -0.2) is 0 Å². The predicted octanol–water partition coefficient (Wildman–Crippen LogP) is 8.81. The van der Waals surface area contributed by atoms with Gasteiger partial charge in [0, 0.05) is 0 Å². The fourth-order valence-corrected chi connectivity index (χ4v) is 9.50. The smallest absolute Gasteiger partial charge is 0.125 e. The molecule has 4 rings (SSSR count). The van der Waals surface area contributed by atoms with Crippen molar-refractivity contribution in [1.29, 1.82) is 0 Å². The molecular formula is C30H50O3. The molecule has 3 heteroatoms. The second kappa shape index (κ2) is 9.69. The van der Waals surface area contributed by atoms with E-state index < -0.39 is 0 Å². The van der Waals surface area contributed by atoms with Gasteiger partial charge in [0.15, 0.2) is 0 Å². The molecule has 4 aliphatic rings. The van der Waals surface area contributed by atoms with Gasteiger partial charge >= 0.3 is 0 Å². The van der Waals surface area contributed by atoms with Crippen LogP contribution in [0.1, 0.15) is 112 Å². The first-order chi connectivity index (χ1) is 15.6. The highest BCUT2D eigenvalue weighted by atomic mass is 17.5. The summed E-state index contributed by atoms with van der Waals surface area (Å²) < 4.78 is 0. The number of fused-ring (bicyclic) bond motifs is 5. The maximum atomic E-state index is 5.52. The topological polar surface area (TPSA) is 27.7 Å². The number of rotatable bonds is 9. The summed E-state index contributed by atoms with van der Waals surface area (Å²) >= 11 is 0. The molecule has 0 bridgehead atoms. The lowest BCUT2D eigenvalue weighted by Crippen LogP contribution is -2.56. The largest absolute Gasteiger partial charge is 0.317 e. The Morgan fingerprint density at radius 3 is 2.52 bits per heavy atom. The molecule has 3 saturated carbocycles. The molecule has 0 aromatic heterocycles. The molecule has 188 valence electrons. The minimum atomic E-state index is 0.0880. The van der Waals surface area contributed by atoms with Crippen LogP contribution in [0, 0.1) is 45.8 Å². The molecule has 3 fully saturated rings. The summed E-state index contributed by atoms with van der Waals surface area (Å²) in [5, 5.41) is 4.86. The molecule has 8 atom stereocenters. The highest BCUT2D eigenvalue weighted by molar-refractivity contribution is 5.28. The Labute approximate surface area is 203 Å². The predicted molar refractivity (Wildman–Crippen MR) is 135 cm³/mol. The zero-order chi connectivity index (χ0) is 23.9. The minimum absolute atomic E-state index is 0.0880. The molecule has 3 nitrogen and oxygen atoms in total. The summed E-state index contributed by atoms with van der Waals surface area (Å²) in [4.78, 5) is 10.3. The van der Waals surface area contributed by atoms with Gasteiger partial charge in [-0.05, 0) is 102 Å². The van der Waals surface area contributed by atoms with Gasteiger partial charge in [-0.3, -0.25) is 0 Å².